The van der Waals surface area contributed by atoms with Crippen LogP contribution >= 0.6 is 11.6 Å². The van der Waals surface area contributed by atoms with Crippen LogP contribution < -0.4 is 0 Å². The Kier molecular flexibility index (Phi) is 2.17. The summed E-state index contributed by atoms with van der Waals surface area (Å²) in [7, 11) is 0. The summed E-state index contributed by atoms with van der Waals surface area (Å²) in [6, 6.07) is 11.5. The quantitative estimate of drug-likeness (QED) is 0.879. The van der Waals surface area contributed by atoms with Crippen molar-refractivity contribution in [3.63, 3.8) is 0 Å². The third-order valence-electron chi connectivity index (χ3n) is 3.51. The number of rotatable bonds is 2. The number of fused-ring (bicyclic) bond motifs is 1. The minimum Gasteiger partial charge on any atom is -0.481 e. The summed E-state index contributed by atoms with van der Waals surface area (Å²) in [6.45, 7) is 0. The van der Waals surface area contributed by atoms with E-state index in [2.05, 4.69) is 0 Å². The molecule has 0 radical (unpaired) electrons. The number of hydrogen-bond acceptors (Lipinski definition) is 1. The van der Waals surface area contributed by atoms with Gasteiger partial charge in [-0.3, -0.25) is 4.79 Å². The Balaban J connectivity index is 2.15. The molecule has 0 amide bonds. The van der Waals surface area contributed by atoms with E-state index in [4.69, 9.17) is 11.6 Å². The summed E-state index contributed by atoms with van der Waals surface area (Å²) < 4.78 is 0. The molecule has 17 heavy (non-hydrogen) atoms. The fourth-order valence-corrected chi connectivity index (χ4v) is 2.45. The molecule has 1 fully saturated rings. The van der Waals surface area contributed by atoms with Crippen LogP contribution in [0.4, 0.5) is 0 Å². The standard InChI is InChI=1S/C14H11ClO2/c15-12-4-2-9-7-11(3-1-10(9)8-12)14(5-6-14)13(16)17/h1-4,7-8H,5-6H2,(H,16,17). The van der Waals surface area contributed by atoms with Crippen molar-refractivity contribution in [2.24, 2.45) is 0 Å². The van der Waals surface area contributed by atoms with E-state index in [1.54, 1.807) is 0 Å². The van der Waals surface area contributed by atoms with E-state index in [1.807, 2.05) is 36.4 Å². The van der Waals surface area contributed by atoms with Crippen LogP contribution in [-0.2, 0) is 10.2 Å². The second-order valence-electron chi connectivity index (χ2n) is 4.59. The smallest absolute Gasteiger partial charge is 0.314 e. The lowest BCUT2D eigenvalue weighted by atomic mass is 9.94. The van der Waals surface area contributed by atoms with Gasteiger partial charge >= 0.3 is 5.97 Å². The molecule has 0 aliphatic heterocycles. The van der Waals surface area contributed by atoms with E-state index in [0.717, 1.165) is 29.2 Å². The van der Waals surface area contributed by atoms with Crippen molar-refractivity contribution in [1.29, 1.82) is 0 Å². The summed E-state index contributed by atoms with van der Waals surface area (Å²) >= 11 is 5.92. The topological polar surface area (TPSA) is 37.3 Å². The maximum absolute atomic E-state index is 11.3. The molecule has 1 aliphatic rings. The fourth-order valence-electron chi connectivity index (χ4n) is 2.27. The van der Waals surface area contributed by atoms with Gasteiger partial charge in [-0.15, -0.1) is 0 Å². The molecular formula is C14H11ClO2. The van der Waals surface area contributed by atoms with E-state index < -0.39 is 11.4 Å². The van der Waals surface area contributed by atoms with E-state index in [9.17, 15) is 9.90 Å². The van der Waals surface area contributed by atoms with Gasteiger partial charge in [0, 0.05) is 5.02 Å². The molecule has 0 spiro atoms. The monoisotopic (exact) mass is 246 g/mol. The minimum atomic E-state index is -0.717. The van der Waals surface area contributed by atoms with Crippen LogP contribution in [0.3, 0.4) is 0 Å². The molecule has 1 saturated carbocycles. The molecule has 1 aliphatic carbocycles. The normalized spacial score (nSPS) is 17.0. The van der Waals surface area contributed by atoms with Crippen molar-refractivity contribution < 1.29 is 9.90 Å². The summed E-state index contributed by atoms with van der Waals surface area (Å²) in [5.74, 6) is -0.717. The Morgan fingerprint density at radius 2 is 1.76 bits per heavy atom. The lowest BCUT2D eigenvalue weighted by Crippen LogP contribution is -2.19. The van der Waals surface area contributed by atoms with Crippen LogP contribution in [0.15, 0.2) is 36.4 Å². The average Bonchev–Trinajstić information content (AvgIpc) is 3.09. The predicted molar refractivity (Wildman–Crippen MR) is 67.5 cm³/mol. The number of carboxylic acids is 1. The first-order chi connectivity index (χ1) is 8.12. The molecule has 3 heteroatoms. The van der Waals surface area contributed by atoms with E-state index in [-0.39, 0.29) is 0 Å². The van der Waals surface area contributed by atoms with Gasteiger partial charge in [0.25, 0.3) is 0 Å². The molecule has 0 unspecified atom stereocenters. The average molecular weight is 247 g/mol. The number of halogens is 1. The zero-order valence-electron chi connectivity index (χ0n) is 9.11. The highest BCUT2D eigenvalue weighted by Crippen LogP contribution is 2.48. The lowest BCUT2D eigenvalue weighted by Gasteiger charge is -2.11. The first-order valence-electron chi connectivity index (χ1n) is 5.55. The third-order valence-corrected chi connectivity index (χ3v) is 3.75. The number of benzene rings is 2. The minimum absolute atomic E-state index is 0.631. The fraction of sp³-hybridized carbons (Fsp3) is 0.214. The zero-order chi connectivity index (χ0) is 12.0. The number of carbonyl (C=O) groups is 1. The van der Waals surface area contributed by atoms with Gasteiger partial charge in [-0.25, -0.2) is 0 Å². The number of hydrogen-bond donors (Lipinski definition) is 1. The van der Waals surface area contributed by atoms with Crippen molar-refractivity contribution in [2.75, 3.05) is 0 Å². The van der Waals surface area contributed by atoms with Crippen molar-refractivity contribution in [1.82, 2.24) is 0 Å². The Morgan fingerprint density at radius 1 is 1.12 bits per heavy atom. The second kappa shape index (κ2) is 3.47. The number of aliphatic carboxylic acids is 1. The zero-order valence-corrected chi connectivity index (χ0v) is 9.87. The molecule has 2 nitrogen and oxygen atoms in total. The molecule has 2 aromatic carbocycles. The molecule has 0 heterocycles. The Bertz CT molecular complexity index is 615. The van der Waals surface area contributed by atoms with Crippen LogP contribution in [0.25, 0.3) is 10.8 Å². The van der Waals surface area contributed by atoms with Crippen LogP contribution in [-0.4, -0.2) is 11.1 Å². The first-order valence-corrected chi connectivity index (χ1v) is 5.93. The molecule has 0 aromatic heterocycles. The summed E-state index contributed by atoms with van der Waals surface area (Å²) in [5.41, 5.74) is 0.271. The maximum atomic E-state index is 11.3. The lowest BCUT2D eigenvalue weighted by molar-refractivity contribution is -0.140. The predicted octanol–water partition coefficient (Wildman–Crippen LogP) is 3.61. The van der Waals surface area contributed by atoms with Gasteiger partial charge in [-0.1, -0.05) is 35.9 Å². The van der Waals surface area contributed by atoms with Crippen LogP contribution in [0.2, 0.25) is 5.02 Å². The maximum Gasteiger partial charge on any atom is 0.314 e. The molecule has 0 bridgehead atoms. The molecule has 2 aromatic rings. The van der Waals surface area contributed by atoms with Crippen LogP contribution in [0.5, 0.6) is 0 Å². The molecule has 86 valence electrons. The molecule has 1 N–H and O–H groups in total. The third kappa shape index (κ3) is 1.60. The van der Waals surface area contributed by atoms with Crippen molar-refractivity contribution in [3.05, 3.63) is 47.0 Å². The summed E-state index contributed by atoms with van der Waals surface area (Å²) in [4.78, 5) is 11.3. The highest BCUT2D eigenvalue weighted by Gasteiger charge is 2.51. The van der Waals surface area contributed by atoms with Gasteiger partial charge in [0.1, 0.15) is 0 Å². The summed E-state index contributed by atoms with van der Waals surface area (Å²) in [5, 5.41) is 12.0. The van der Waals surface area contributed by atoms with Crippen molar-refractivity contribution in [2.45, 2.75) is 18.3 Å². The van der Waals surface area contributed by atoms with Crippen LogP contribution in [0.1, 0.15) is 18.4 Å². The largest absolute Gasteiger partial charge is 0.481 e. The first kappa shape index (κ1) is 10.6. The Hall–Kier alpha value is -1.54. The Labute approximate surface area is 104 Å². The SMILES string of the molecule is O=C(O)C1(c2ccc3cc(Cl)ccc3c2)CC1. The molecule has 0 saturated heterocycles. The van der Waals surface area contributed by atoms with Crippen LogP contribution in [0, 0.1) is 0 Å². The van der Waals surface area contributed by atoms with Gasteiger partial charge in [-0.2, -0.15) is 0 Å². The Morgan fingerprint density at radius 3 is 2.41 bits per heavy atom. The molecular weight excluding hydrogens is 236 g/mol. The molecule has 0 atom stereocenters. The number of carboxylic acid groups (broad SMARTS) is 1. The van der Waals surface area contributed by atoms with Crippen molar-refractivity contribution in [3.8, 4) is 0 Å². The van der Waals surface area contributed by atoms with E-state index in [1.165, 1.54) is 0 Å². The van der Waals surface area contributed by atoms with Gasteiger partial charge in [0.15, 0.2) is 0 Å². The summed E-state index contributed by atoms with van der Waals surface area (Å²) in [6.07, 6.45) is 1.48. The van der Waals surface area contributed by atoms with Gasteiger partial charge in [-0.05, 0) is 41.3 Å². The highest BCUT2D eigenvalue weighted by atomic mass is 35.5. The van der Waals surface area contributed by atoms with E-state index in [0.29, 0.717) is 5.02 Å². The van der Waals surface area contributed by atoms with Gasteiger partial charge in [0.05, 0.1) is 5.41 Å². The highest BCUT2D eigenvalue weighted by molar-refractivity contribution is 6.31. The van der Waals surface area contributed by atoms with Gasteiger partial charge in [0.2, 0.25) is 0 Å². The van der Waals surface area contributed by atoms with Gasteiger partial charge < -0.3 is 5.11 Å². The molecule has 3 rings (SSSR count). The second-order valence-corrected chi connectivity index (χ2v) is 5.03. The van der Waals surface area contributed by atoms with E-state index >= 15 is 0 Å². The van der Waals surface area contributed by atoms with Crippen molar-refractivity contribution >= 4 is 28.3 Å².